The number of hydrogen-bond acceptors (Lipinski definition) is 2. The van der Waals surface area contributed by atoms with Gasteiger partial charge in [-0.05, 0) is 31.1 Å². The topological polar surface area (TPSA) is 49.3 Å². The molecule has 1 aliphatic rings. The van der Waals surface area contributed by atoms with Gasteiger partial charge in [0.05, 0.1) is 6.10 Å². The second-order valence-electron chi connectivity index (χ2n) is 5.66. The number of hydrogen-bond donors (Lipinski definition) is 2. The zero-order valence-electron chi connectivity index (χ0n) is 11.2. The minimum absolute atomic E-state index is 0.160. The molecular formula is C14H27NO2. The van der Waals surface area contributed by atoms with E-state index in [0.29, 0.717) is 25.3 Å². The fourth-order valence-corrected chi connectivity index (χ4v) is 2.42. The average molecular weight is 241 g/mol. The van der Waals surface area contributed by atoms with Gasteiger partial charge in [-0.1, -0.05) is 33.1 Å². The Kier molecular flexibility index (Phi) is 6.56. The fourth-order valence-electron chi connectivity index (χ4n) is 2.42. The van der Waals surface area contributed by atoms with E-state index in [1.165, 1.54) is 32.1 Å². The minimum atomic E-state index is -0.301. The Hall–Kier alpha value is -0.570. The first-order valence-electron chi connectivity index (χ1n) is 7.04. The van der Waals surface area contributed by atoms with Crippen molar-refractivity contribution in [2.45, 2.75) is 64.9 Å². The van der Waals surface area contributed by atoms with E-state index in [2.05, 4.69) is 5.32 Å². The largest absolute Gasteiger partial charge is 0.393 e. The van der Waals surface area contributed by atoms with Gasteiger partial charge in [-0.3, -0.25) is 4.79 Å². The van der Waals surface area contributed by atoms with Crippen LogP contribution in [-0.4, -0.2) is 23.7 Å². The highest BCUT2D eigenvalue weighted by Gasteiger charge is 2.17. The molecule has 3 nitrogen and oxygen atoms in total. The van der Waals surface area contributed by atoms with Crippen molar-refractivity contribution in [1.29, 1.82) is 0 Å². The number of amides is 1. The van der Waals surface area contributed by atoms with Crippen LogP contribution < -0.4 is 5.32 Å². The van der Waals surface area contributed by atoms with Crippen molar-refractivity contribution in [1.82, 2.24) is 5.32 Å². The highest BCUT2D eigenvalue weighted by Crippen LogP contribution is 2.25. The maximum absolute atomic E-state index is 11.7. The quantitative estimate of drug-likeness (QED) is 0.750. The number of aliphatic hydroxyl groups excluding tert-OH is 1. The summed E-state index contributed by atoms with van der Waals surface area (Å²) in [6.45, 7) is 4.59. The molecule has 1 amide bonds. The lowest BCUT2D eigenvalue weighted by Gasteiger charge is -2.21. The van der Waals surface area contributed by atoms with Gasteiger partial charge in [-0.2, -0.15) is 0 Å². The van der Waals surface area contributed by atoms with E-state index in [1.807, 2.05) is 13.8 Å². The number of rotatable bonds is 6. The van der Waals surface area contributed by atoms with Crippen LogP contribution in [0.25, 0.3) is 0 Å². The molecule has 100 valence electrons. The van der Waals surface area contributed by atoms with Crippen LogP contribution in [0.1, 0.15) is 58.8 Å². The highest BCUT2D eigenvalue weighted by atomic mass is 16.3. The summed E-state index contributed by atoms with van der Waals surface area (Å²) < 4.78 is 0. The Balaban J connectivity index is 2.08. The number of carbonyl (C=O) groups excluding carboxylic acids is 1. The van der Waals surface area contributed by atoms with Crippen LogP contribution in [0.3, 0.4) is 0 Å². The maximum atomic E-state index is 11.7. The molecule has 0 bridgehead atoms. The monoisotopic (exact) mass is 241 g/mol. The molecule has 1 unspecified atom stereocenters. The molecule has 1 aliphatic carbocycles. The molecule has 0 aromatic heterocycles. The third kappa shape index (κ3) is 6.06. The van der Waals surface area contributed by atoms with Gasteiger partial charge in [0, 0.05) is 13.0 Å². The Morgan fingerprint density at radius 2 is 1.94 bits per heavy atom. The second kappa shape index (κ2) is 7.70. The van der Waals surface area contributed by atoms with Gasteiger partial charge < -0.3 is 10.4 Å². The first-order valence-corrected chi connectivity index (χ1v) is 7.04. The SMILES string of the molecule is CC(C)C(O)CCNC(=O)CC1CCCCC1. The molecule has 1 atom stereocenters. The summed E-state index contributed by atoms with van der Waals surface area (Å²) >= 11 is 0. The lowest BCUT2D eigenvalue weighted by atomic mass is 9.87. The van der Waals surface area contributed by atoms with E-state index >= 15 is 0 Å². The second-order valence-corrected chi connectivity index (χ2v) is 5.66. The summed E-state index contributed by atoms with van der Waals surface area (Å²) in [4.78, 5) is 11.7. The van der Waals surface area contributed by atoms with Crippen LogP contribution in [0.4, 0.5) is 0 Å². The van der Waals surface area contributed by atoms with Crippen LogP contribution in [0.2, 0.25) is 0 Å². The van der Waals surface area contributed by atoms with Gasteiger partial charge in [0.15, 0.2) is 0 Å². The Morgan fingerprint density at radius 1 is 1.29 bits per heavy atom. The number of nitrogens with one attached hydrogen (secondary N) is 1. The van der Waals surface area contributed by atoms with E-state index in [0.717, 1.165) is 0 Å². The van der Waals surface area contributed by atoms with Crippen molar-refractivity contribution in [3.63, 3.8) is 0 Å². The normalized spacial score (nSPS) is 19.3. The summed E-state index contributed by atoms with van der Waals surface area (Å²) in [7, 11) is 0. The van der Waals surface area contributed by atoms with Crippen LogP contribution in [0.15, 0.2) is 0 Å². The summed E-state index contributed by atoms with van der Waals surface area (Å²) in [5.41, 5.74) is 0. The molecule has 1 rings (SSSR count). The Morgan fingerprint density at radius 3 is 2.53 bits per heavy atom. The van der Waals surface area contributed by atoms with Gasteiger partial charge in [0.25, 0.3) is 0 Å². The first kappa shape index (κ1) is 14.5. The van der Waals surface area contributed by atoms with Crippen molar-refractivity contribution < 1.29 is 9.90 Å². The summed E-state index contributed by atoms with van der Waals surface area (Å²) in [5.74, 6) is 1.02. The van der Waals surface area contributed by atoms with Crippen molar-refractivity contribution in [3.8, 4) is 0 Å². The third-order valence-electron chi connectivity index (χ3n) is 3.73. The fraction of sp³-hybridized carbons (Fsp3) is 0.929. The van der Waals surface area contributed by atoms with Crippen LogP contribution in [-0.2, 0) is 4.79 Å². The lowest BCUT2D eigenvalue weighted by Crippen LogP contribution is -2.30. The average Bonchev–Trinajstić information content (AvgIpc) is 2.30. The minimum Gasteiger partial charge on any atom is -0.393 e. The molecule has 0 aromatic carbocycles. The van der Waals surface area contributed by atoms with Crippen LogP contribution >= 0.6 is 0 Å². The van der Waals surface area contributed by atoms with Crippen LogP contribution in [0.5, 0.6) is 0 Å². The molecule has 0 saturated heterocycles. The number of aliphatic hydroxyl groups is 1. The van der Waals surface area contributed by atoms with Crippen molar-refractivity contribution in [3.05, 3.63) is 0 Å². The van der Waals surface area contributed by atoms with Gasteiger partial charge in [0.2, 0.25) is 5.91 Å². The maximum Gasteiger partial charge on any atom is 0.220 e. The molecule has 1 saturated carbocycles. The summed E-state index contributed by atoms with van der Waals surface area (Å²) in [6.07, 6.45) is 7.35. The van der Waals surface area contributed by atoms with E-state index in [1.54, 1.807) is 0 Å². The first-order chi connectivity index (χ1) is 8.09. The molecule has 0 heterocycles. The van der Waals surface area contributed by atoms with Crippen molar-refractivity contribution >= 4 is 5.91 Å². The molecule has 2 N–H and O–H groups in total. The third-order valence-corrected chi connectivity index (χ3v) is 3.73. The molecule has 0 spiro atoms. The molecule has 0 radical (unpaired) electrons. The molecule has 0 aliphatic heterocycles. The smallest absolute Gasteiger partial charge is 0.220 e. The van der Waals surface area contributed by atoms with Gasteiger partial charge >= 0.3 is 0 Å². The van der Waals surface area contributed by atoms with Gasteiger partial charge in [0.1, 0.15) is 0 Å². The predicted octanol–water partition coefficient (Wildman–Crippen LogP) is 2.48. The van der Waals surface area contributed by atoms with Crippen LogP contribution in [0, 0.1) is 11.8 Å². The Bertz CT molecular complexity index is 222. The summed E-state index contributed by atoms with van der Waals surface area (Å²) in [6, 6.07) is 0. The van der Waals surface area contributed by atoms with E-state index in [4.69, 9.17) is 0 Å². The van der Waals surface area contributed by atoms with E-state index in [-0.39, 0.29) is 17.9 Å². The highest BCUT2D eigenvalue weighted by molar-refractivity contribution is 5.76. The lowest BCUT2D eigenvalue weighted by molar-refractivity contribution is -0.122. The standard InChI is InChI=1S/C14H27NO2/c1-11(2)13(16)8-9-15-14(17)10-12-6-4-3-5-7-12/h11-13,16H,3-10H2,1-2H3,(H,15,17). The van der Waals surface area contributed by atoms with Crippen molar-refractivity contribution in [2.24, 2.45) is 11.8 Å². The van der Waals surface area contributed by atoms with Gasteiger partial charge in [-0.25, -0.2) is 0 Å². The zero-order chi connectivity index (χ0) is 12.7. The molecule has 1 fully saturated rings. The summed E-state index contributed by atoms with van der Waals surface area (Å²) in [5, 5.41) is 12.5. The molecular weight excluding hydrogens is 214 g/mol. The molecule has 0 aromatic rings. The molecule has 17 heavy (non-hydrogen) atoms. The number of carbonyl (C=O) groups is 1. The zero-order valence-corrected chi connectivity index (χ0v) is 11.2. The van der Waals surface area contributed by atoms with E-state index < -0.39 is 0 Å². The predicted molar refractivity (Wildman–Crippen MR) is 69.7 cm³/mol. The van der Waals surface area contributed by atoms with Crippen molar-refractivity contribution in [2.75, 3.05) is 6.54 Å². The Labute approximate surface area is 105 Å². The van der Waals surface area contributed by atoms with E-state index in [9.17, 15) is 9.90 Å². The van der Waals surface area contributed by atoms with Gasteiger partial charge in [-0.15, -0.1) is 0 Å². The molecule has 3 heteroatoms.